The van der Waals surface area contributed by atoms with Gasteiger partial charge in [0.25, 0.3) is 11.8 Å². The number of imide groups is 1. The van der Waals surface area contributed by atoms with Crippen LogP contribution in [0.4, 0.5) is 4.79 Å². The Bertz CT molecular complexity index is 562. The van der Waals surface area contributed by atoms with E-state index in [0.29, 0.717) is 11.0 Å². The molecule has 0 radical (unpaired) electrons. The lowest BCUT2D eigenvalue weighted by Gasteiger charge is -2.13. The molecule has 2 aliphatic carbocycles. The number of amides is 2. The van der Waals surface area contributed by atoms with E-state index in [-0.39, 0.29) is 30.9 Å². The molecular formula is C15H18N2O5. The first-order valence-electron chi connectivity index (χ1n) is 7.47. The number of hydroxylamine groups is 2. The molecular weight excluding hydrogens is 288 g/mol. The number of rotatable bonds is 3. The van der Waals surface area contributed by atoms with Crippen LogP contribution < -0.4 is 5.73 Å². The molecule has 2 N–H and O–H groups in total. The molecule has 1 saturated carbocycles. The molecule has 118 valence electrons. The van der Waals surface area contributed by atoms with Gasteiger partial charge in [0, 0.05) is 37.1 Å². The van der Waals surface area contributed by atoms with Crippen LogP contribution in [-0.4, -0.2) is 35.2 Å². The Morgan fingerprint density at radius 1 is 1.27 bits per heavy atom. The second-order valence-corrected chi connectivity index (χ2v) is 5.95. The van der Waals surface area contributed by atoms with Gasteiger partial charge in [-0.1, -0.05) is 5.06 Å². The second-order valence-electron chi connectivity index (χ2n) is 5.95. The number of carbonyl (C=O) groups is 3. The summed E-state index contributed by atoms with van der Waals surface area (Å²) >= 11 is 0. The molecule has 1 saturated heterocycles. The Labute approximate surface area is 128 Å². The number of hydrogen-bond donors (Lipinski definition) is 1. The van der Waals surface area contributed by atoms with Crippen LogP contribution in [0.5, 0.6) is 0 Å². The van der Waals surface area contributed by atoms with Crippen molar-refractivity contribution in [1.82, 2.24) is 5.06 Å². The Balaban J connectivity index is 1.48. The van der Waals surface area contributed by atoms with E-state index >= 15 is 0 Å². The van der Waals surface area contributed by atoms with Gasteiger partial charge in [0.15, 0.2) is 0 Å². The van der Waals surface area contributed by atoms with Crippen LogP contribution >= 0.6 is 0 Å². The number of nitrogens with zero attached hydrogens (tertiary/aromatic N) is 1. The fourth-order valence-corrected chi connectivity index (χ4v) is 3.34. The van der Waals surface area contributed by atoms with E-state index in [4.69, 9.17) is 10.5 Å². The van der Waals surface area contributed by atoms with Crippen LogP contribution in [0.15, 0.2) is 0 Å². The van der Waals surface area contributed by atoms with Gasteiger partial charge < -0.3 is 10.5 Å². The first-order chi connectivity index (χ1) is 10.5. The lowest BCUT2D eigenvalue weighted by Crippen LogP contribution is -2.33. The van der Waals surface area contributed by atoms with Gasteiger partial charge in [-0.15, -0.1) is 11.8 Å². The summed E-state index contributed by atoms with van der Waals surface area (Å²) in [7, 11) is 0. The van der Waals surface area contributed by atoms with Crippen molar-refractivity contribution in [1.29, 1.82) is 0 Å². The van der Waals surface area contributed by atoms with Crippen molar-refractivity contribution in [2.24, 2.45) is 17.6 Å². The summed E-state index contributed by atoms with van der Waals surface area (Å²) < 4.78 is 5.04. The maximum Gasteiger partial charge on any atom is 0.533 e. The highest BCUT2D eigenvalue weighted by Crippen LogP contribution is 2.54. The number of carbonyl (C=O) groups excluding carboxylic acids is 3. The normalized spacial score (nSPS) is 33.2. The number of hydrogen-bond acceptors (Lipinski definition) is 6. The number of ether oxygens (including phenoxy) is 1. The Kier molecular flexibility index (Phi) is 3.79. The lowest BCUT2D eigenvalue weighted by atomic mass is 10.0. The molecule has 3 aliphatic rings. The van der Waals surface area contributed by atoms with Crippen LogP contribution in [0, 0.1) is 23.7 Å². The van der Waals surface area contributed by atoms with Crippen molar-refractivity contribution in [3.63, 3.8) is 0 Å². The summed E-state index contributed by atoms with van der Waals surface area (Å²) in [6.07, 6.45) is 2.33. The molecule has 0 bridgehead atoms. The summed E-state index contributed by atoms with van der Waals surface area (Å²) in [6.45, 7) is 0.135. The molecule has 7 heteroatoms. The molecule has 0 spiro atoms. The fraction of sp³-hybridized carbons (Fsp3) is 0.667. The van der Waals surface area contributed by atoms with Gasteiger partial charge in [-0.3, -0.25) is 14.4 Å². The maximum atomic E-state index is 11.6. The van der Waals surface area contributed by atoms with E-state index in [2.05, 4.69) is 16.7 Å². The zero-order valence-electron chi connectivity index (χ0n) is 12.2. The van der Waals surface area contributed by atoms with E-state index in [9.17, 15) is 14.4 Å². The molecule has 2 amide bonds. The predicted molar refractivity (Wildman–Crippen MR) is 73.7 cm³/mol. The van der Waals surface area contributed by atoms with Gasteiger partial charge in [-0.05, 0) is 18.8 Å². The first kappa shape index (κ1) is 14.9. The maximum absolute atomic E-state index is 11.6. The van der Waals surface area contributed by atoms with Crippen molar-refractivity contribution >= 4 is 18.0 Å². The Morgan fingerprint density at radius 2 is 1.95 bits per heavy atom. The van der Waals surface area contributed by atoms with E-state index < -0.39 is 18.0 Å². The molecule has 1 heterocycles. The van der Waals surface area contributed by atoms with Crippen LogP contribution in [0.25, 0.3) is 0 Å². The Hall–Kier alpha value is -2.07. The van der Waals surface area contributed by atoms with E-state index in [1.165, 1.54) is 0 Å². The topological polar surface area (TPSA) is 98.9 Å². The van der Waals surface area contributed by atoms with Gasteiger partial charge in [-0.25, -0.2) is 4.79 Å². The molecule has 0 aromatic carbocycles. The van der Waals surface area contributed by atoms with Crippen LogP contribution in [-0.2, 0) is 19.2 Å². The van der Waals surface area contributed by atoms with Crippen LogP contribution in [0.2, 0.25) is 0 Å². The molecule has 0 aromatic rings. The third kappa shape index (κ3) is 2.66. The largest absolute Gasteiger partial charge is 0.533 e. The smallest absolute Gasteiger partial charge is 0.432 e. The average Bonchev–Trinajstić information content (AvgIpc) is 2.86. The standard InChI is InChI=1S/C15H18N2O5/c16-15-8-4-2-1-3-5-10(15)11(15)9-21-14(20)22-17-12(18)6-7-13(17)19/h10-11H,3-9,16H2/t10?,11-,15?/m1/s1. The monoisotopic (exact) mass is 306 g/mol. The summed E-state index contributed by atoms with van der Waals surface area (Å²) in [6, 6.07) is 0. The van der Waals surface area contributed by atoms with Gasteiger partial charge >= 0.3 is 6.16 Å². The number of fused-ring (bicyclic) bond motifs is 1. The lowest BCUT2D eigenvalue weighted by molar-refractivity contribution is -0.177. The zero-order chi connectivity index (χ0) is 15.7. The molecule has 3 rings (SSSR count). The fourth-order valence-electron chi connectivity index (χ4n) is 3.34. The molecule has 2 unspecified atom stereocenters. The van der Waals surface area contributed by atoms with Crippen LogP contribution in [0.1, 0.15) is 38.5 Å². The molecule has 2 fully saturated rings. The number of nitrogens with two attached hydrogens (primary N) is 1. The first-order valence-corrected chi connectivity index (χ1v) is 7.47. The summed E-state index contributed by atoms with van der Waals surface area (Å²) in [5, 5.41) is 0.477. The minimum Gasteiger partial charge on any atom is -0.432 e. The van der Waals surface area contributed by atoms with Crippen molar-refractivity contribution in [2.45, 2.75) is 44.1 Å². The van der Waals surface area contributed by atoms with Crippen LogP contribution in [0.3, 0.4) is 0 Å². The van der Waals surface area contributed by atoms with E-state index in [0.717, 1.165) is 25.7 Å². The average molecular weight is 306 g/mol. The van der Waals surface area contributed by atoms with Gasteiger partial charge in [-0.2, -0.15) is 0 Å². The summed E-state index contributed by atoms with van der Waals surface area (Å²) in [5.41, 5.74) is 6.02. The highest BCUT2D eigenvalue weighted by Gasteiger charge is 2.61. The zero-order valence-corrected chi connectivity index (χ0v) is 12.2. The molecule has 7 nitrogen and oxygen atoms in total. The van der Waals surface area contributed by atoms with Crippen molar-refractivity contribution in [2.75, 3.05) is 6.61 Å². The van der Waals surface area contributed by atoms with Gasteiger partial charge in [0.05, 0.1) is 6.61 Å². The third-order valence-corrected chi connectivity index (χ3v) is 4.70. The SMILES string of the molecule is NC12CCC#CCCC1[C@H]2COC(=O)ON1C(=O)CCC1=O. The van der Waals surface area contributed by atoms with Crippen molar-refractivity contribution in [3.05, 3.63) is 0 Å². The quantitative estimate of drug-likeness (QED) is 0.469. The predicted octanol–water partition coefficient (Wildman–Crippen LogP) is 0.724. The van der Waals surface area contributed by atoms with Gasteiger partial charge in [0.2, 0.25) is 0 Å². The Morgan fingerprint density at radius 3 is 2.68 bits per heavy atom. The highest BCUT2D eigenvalue weighted by molar-refractivity contribution is 6.01. The van der Waals surface area contributed by atoms with Gasteiger partial charge in [0.1, 0.15) is 0 Å². The van der Waals surface area contributed by atoms with Crippen molar-refractivity contribution in [3.8, 4) is 11.8 Å². The van der Waals surface area contributed by atoms with E-state index in [1.54, 1.807) is 0 Å². The minimum absolute atomic E-state index is 0.0583. The summed E-state index contributed by atoms with van der Waals surface area (Å²) in [5.74, 6) is 5.48. The molecule has 0 aromatic heterocycles. The van der Waals surface area contributed by atoms with E-state index in [1.807, 2.05) is 0 Å². The molecule has 3 atom stereocenters. The minimum atomic E-state index is -1.04. The second kappa shape index (κ2) is 5.61. The third-order valence-electron chi connectivity index (χ3n) is 4.70. The summed E-state index contributed by atoms with van der Waals surface area (Å²) in [4.78, 5) is 39.0. The van der Waals surface area contributed by atoms with Crippen molar-refractivity contribution < 1.29 is 24.0 Å². The molecule has 1 aliphatic heterocycles. The highest BCUT2D eigenvalue weighted by atomic mass is 16.8. The molecule has 22 heavy (non-hydrogen) atoms.